The van der Waals surface area contributed by atoms with Gasteiger partial charge in [-0.15, -0.1) is 0 Å². The topological polar surface area (TPSA) is 16.3 Å². The molecule has 2 aliphatic rings. The van der Waals surface area contributed by atoms with E-state index >= 15 is 0 Å². The minimum Gasteiger partial charge on any atom is -0.310 e. The van der Waals surface area contributed by atoms with Crippen LogP contribution in [0.5, 0.6) is 0 Å². The van der Waals surface area contributed by atoms with E-state index in [-0.39, 0.29) is 10.8 Å². The standard InChI is InChI=1S/C116H82N4/c1-115(2)105-37-15-12-32-97(105)98-66-64-92(73-106(98)115)117(89-58-50-77(51-59-89)75-42-48-80(49-43-75)86-57-69-113-104(72-86)101-34-14-17-39-111(101)120(113)109-41-20-25-83-23-9-11-31-95(83)109)90-60-54-81(55-61-90)84-26-18-27-87(70-84)96-35-21-36-102-99-67-65-93(74-107(99)116(3,4)114(96)102)118(108-40-19-24-82-22-8-10-30-94(82)108)91-62-52-78(53-63-91)76-44-46-79(47-45-76)85-56-68-112-103(71-85)100-33-13-16-38-110(100)119(112)88-28-6-5-7-29-88/h5-74H,1-4H3. The van der Waals surface area contributed by atoms with Crippen molar-refractivity contribution in [3.05, 3.63) is 447 Å². The van der Waals surface area contributed by atoms with Gasteiger partial charge in [-0.2, -0.15) is 0 Å². The molecule has 2 heterocycles. The predicted octanol–water partition coefficient (Wildman–Crippen LogP) is 31.7. The largest absolute Gasteiger partial charge is 0.310 e. The van der Waals surface area contributed by atoms with Crippen molar-refractivity contribution in [2.45, 2.75) is 38.5 Å². The quantitative estimate of drug-likeness (QED) is 0.108. The Morgan fingerprint density at radius 1 is 0.200 bits per heavy atom. The number of hydrogen-bond acceptors (Lipinski definition) is 2. The first-order chi connectivity index (χ1) is 59.0. The molecule has 0 atom stereocenters. The van der Waals surface area contributed by atoms with E-state index in [4.69, 9.17) is 0 Å². The number of fused-ring (bicyclic) bond motifs is 14. The van der Waals surface area contributed by atoms with Crippen LogP contribution in [0.4, 0.5) is 34.1 Å². The van der Waals surface area contributed by atoms with Crippen LogP contribution in [0.25, 0.3) is 166 Å². The summed E-state index contributed by atoms with van der Waals surface area (Å²) in [6, 6.07) is 158. The van der Waals surface area contributed by atoms with Gasteiger partial charge >= 0.3 is 0 Å². The van der Waals surface area contributed by atoms with Gasteiger partial charge in [0.1, 0.15) is 0 Å². The number of benzene rings is 19. The lowest BCUT2D eigenvalue weighted by Crippen LogP contribution is -2.17. The second kappa shape index (κ2) is 27.8. The maximum atomic E-state index is 2.47. The van der Waals surface area contributed by atoms with Crippen LogP contribution < -0.4 is 9.80 Å². The molecule has 0 bridgehead atoms. The highest BCUT2D eigenvalue weighted by Crippen LogP contribution is 2.56. The highest BCUT2D eigenvalue weighted by Gasteiger charge is 2.39. The molecule has 2 aromatic heterocycles. The lowest BCUT2D eigenvalue weighted by molar-refractivity contribution is 0.660. The van der Waals surface area contributed by atoms with E-state index < -0.39 is 0 Å². The molecule has 0 aliphatic heterocycles. The van der Waals surface area contributed by atoms with E-state index in [9.17, 15) is 0 Å². The van der Waals surface area contributed by atoms with Crippen LogP contribution in [-0.4, -0.2) is 9.13 Å². The molecule has 23 rings (SSSR count). The minimum atomic E-state index is -0.342. The third-order valence-electron chi connectivity index (χ3n) is 26.1. The van der Waals surface area contributed by atoms with Crippen molar-refractivity contribution >= 4 is 99.3 Å². The van der Waals surface area contributed by atoms with Crippen LogP contribution >= 0.6 is 0 Å². The Morgan fingerprint density at radius 3 is 1.18 bits per heavy atom. The molecule has 0 radical (unpaired) electrons. The van der Waals surface area contributed by atoms with Gasteiger partial charge in [0.15, 0.2) is 0 Å². The Hall–Kier alpha value is -15.1. The lowest BCUT2D eigenvalue weighted by Gasteiger charge is -2.29. The number of aromatic nitrogens is 2. The first-order valence-electron chi connectivity index (χ1n) is 41.8. The molecule has 566 valence electrons. The van der Waals surface area contributed by atoms with Crippen molar-refractivity contribution in [3.8, 4) is 100 Å². The fraction of sp³-hybridized carbons (Fsp3) is 0.0517. The summed E-state index contributed by atoms with van der Waals surface area (Å²) in [5.74, 6) is 0. The normalized spacial score (nSPS) is 13.0. The van der Waals surface area contributed by atoms with E-state index in [2.05, 4.69) is 471 Å². The van der Waals surface area contributed by atoms with Crippen molar-refractivity contribution in [3.63, 3.8) is 0 Å². The Kier molecular flexibility index (Phi) is 16.3. The van der Waals surface area contributed by atoms with Gasteiger partial charge < -0.3 is 18.9 Å². The minimum absolute atomic E-state index is 0.168. The molecule has 2 aliphatic carbocycles. The fourth-order valence-corrected chi connectivity index (χ4v) is 20.2. The van der Waals surface area contributed by atoms with E-state index in [0.29, 0.717) is 0 Å². The predicted molar refractivity (Wildman–Crippen MR) is 507 cm³/mol. The maximum absolute atomic E-state index is 2.47. The molecule has 0 unspecified atom stereocenters. The van der Waals surface area contributed by atoms with Crippen LogP contribution in [0.2, 0.25) is 0 Å². The molecule has 19 aromatic carbocycles. The summed E-state index contributed by atoms with van der Waals surface area (Å²) in [4.78, 5) is 4.90. The summed E-state index contributed by atoms with van der Waals surface area (Å²) in [6.07, 6.45) is 0. The zero-order chi connectivity index (χ0) is 79.9. The molecular weight excluding hydrogens is 1450 g/mol. The molecule has 0 N–H and O–H groups in total. The Balaban J connectivity index is 0.538. The lowest BCUT2D eigenvalue weighted by atomic mass is 9.78. The van der Waals surface area contributed by atoms with E-state index in [0.717, 1.165) is 50.9 Å². The average Bonchev–Trinajstić information content (AvgIpc) is 1.57. The van der Waals surface area contributed by atoms with Crippen molar-refractivity contribution in [2.24, 2.45) is 0 Å². The van der Waals surface area contributed by atoms with Crippen molar-refractivity contribution < 1.29 is 0 Å². The van der Waals surface area contributed by atoms with Gasteiger partial charge in [-0.05, 0) is 249 Å². The number of rotatable bonds is 14. The molecule has 0 saturated heterocycles. The SMILES string of the molecule is CC1(C)c2ccccc2-c2ccc(N(c3ccc(-c4ccc(-c5ccc6c(c5)c5ccccc5n6-c5cccc6ccccc56)cc4)cc3)c3ccc(-c4cccc(-c5cccc6c5C(C)(C)c5cc(N(c7ccc(-c8ccc(-c9ccc%10c(c9)c9ccccc9n%10-c9ccccc9)cc8)cc7)c7cccc8ccccc78)ccc5-6)c4)cc3)cc21. The molecule has 0 saturated carbocycles. The van der Waals surface area contributed by atoms with Gasteiger partial charge in [0.2, 0.25) is 0 Å². The van der Waals surface area contributed by atoms with E-state index in [1.807, 2.05) is 0 Å². The summed E-state index contributed by atoms with van der Waals surface area (Å²) < 4.78 is 4.81. The van der Waals surface area contributed by atoms with Gasteiger partial charge in [-0.1, -0.05) is 325 Å². The zero-order valence-electron chi connectivity index (χ0n) is 67.2. The molecule has 4 heteroatoms. The Morgan fingerprint density at radius 2 is 0.575 bits per heavy atom. The summed E-state index contributed by atoms with van der Waals surface area (Å²) in [5, 5.41) is 9.87. The highest BCUT2D eigenvalue weighted by atomic mass is 15.1. The molecule has 0 amide bonds. The molecule has 21 aromatic rings. The average molecular weight is 1530 g/mol. The number of nitrogens with zero attached hydrogens (tertiary/aromatic N) is 4. The van der Waals surface area contributed by atoms with Gasteiger partial charge in [0, 0.05) is 77.3 Å². The van der Waals surface area contributed by atoms with Crippen molar-refractivity contribution in [2.75, 3.05) is 9.80 Å². The first kappa shape index (κ1) is 70.3. The molecule has 0 fully saturated rings. The Bertz CT molecular complexity index is 7660. The van der Waals surface area contributed by atoms with Gasteiger partial charge in [0.05, 0.1) is 33.4 Å². The van der Waals surface area contributed by atoms with Gasteiger partial charge in [-0.25, -0.2) is 0 Å². The number of anilines is 6. The smallest absolute Gasteiger partial charge is 0.0541 e. The molecule has 0 spiro atoms. The van der Waals surface area contributed by atoms with E-state index in [1.165, 1.54) is 171 Å². The molecular formula is C116H82N4. The van der Waals surface area contributed by atoms with Crippen LogP contribution in [0, 0.1) is 0 Å². The van der Waals surface area contributed by atoms with Crippen LogP contribution in [0.1, 0.15) is 49.9 Å². The van der Waals surface area contributed by atoms with Crippen molar-refractivity contribution in [1.29, 1.82) is 0 Å². The van der Waals surface area contributed by atoms with Crippen LogP contribution in [0.15, 0.2) is 425 Å². The van der Waals surface area contributed by atoms with Crippen LogP contribution in [-0.2, 0) is 10.8 Å². The van der Waals surface area contributed by atoms with Crippen LogP contribution in [0.3, 0.4) is 0 Å². The summed E-state index contributed by atoms with van der Waals surface area (Å²) >= 11 is 0. The van der Waals surface area contributed by atoms with Gasteiger partial charge in [0.25, 0.3) is 0 Å². The highest BCUT2D eigenvalue weighted by molar-refractivity contribution is 6.13. The van der Waals surface area contributed by atoms with Gasteiger partial charge in [-0.3, -0.25) is 0 Å². The summed E-state index contributed by atoms with van der Waals surface area (Å²) in [6.45, 7) is 9.59. The fourth-order valence-electron chi connectivity index (χ4n) is 20.2. The third kappa shape index (κ3) is 11.4. The van der Waals surface area contributed by atoms with Crippen molar-refractivity contribution in [1.82, 2.24) is 9.13 Å². The summed E-state index contributed by atoms with van der Waals surface area (Å²) in [5.41, 5.74) is 38.1. The first-order valence-corrected chi connectivity index (χ1v) is 41.8. The maximum Gasteiger partial charge on any atom is 0.0541 e. The Labute approximate surface area is 699 Å². The second-order valence-corrected chi connectivity index (χ2v) is 33.5. The summed E-state index contributed by atoms with van der Waals surface area (Å²) in [7, 11) is 0. The third-order valence-corrected chi connectivity index (χ3v) is 26.1. The molecule has 120 heavy (non-hydrogen) atoms. The molecule has 4 nitrogen and oxygen atoms in total. The monoisotopic (exact) mass is 1530 g/mol. The zero-order valence-corrected chi connectivity index (χ0v) is 67.2. The van der Waals surface area contributed by atoms with E-state index in [1.54, 1.807) is 0 Å². The number of para-hydroxylation sites is 3. The number of hydrogen-bond donors (Lipinski definition) is 0. The second-order valence-electron chi connectivity index (χ2n) is 33.5.